The standard InChI is InChI=1S/C10H7NO2/c12-9-6-8(10(9)13)11-7-4-2-1-3-5-7/h1-6,11H. The molecule has 0 bridgehead atoms. The Morgan fingerprint density at radius 1 is 1.00 bits per heavy atom. The Morgan fingerprint density at radius 3 is 2.23 bits per heavy atom. The lowest BCUT2D eigenvalue weighted by Gasteiger charge is -2.04. The Hall–Kier alpha value is -1.90. The molecular weight excluding hydrogens is 166 g/mol. The summed E-state index contributed by atoms with van der Waals surface area (Å²) in [6.07, 6.45) is 0. The molecule has 0 amide bonds. The van der Waals surface area contributed by atoms with Crippen LogP contribution in [0.25, 0.3) is 0 Å². The van der Waals surface area contributed by atoms with Gasteiger partial charge in [-0.3, -0.25) is 9.59 Å². The highest BCUT2D eigenvalue weighted by Gasteiger charge is 2.08. The fourth-order valence-corrected chi connectivity index (χ4v) is 1.09. The van der Waals surface area contributed by atoms with Crippen molar-refractivity contribution < 1.29 is 0 Å². The van der Waals surface area contributed by atoms with E-state index in [-0.39, 0.29) is 0 Å². The molecule has 0 radical (unpaired) electrons. The van der Waals surface area contributed by atoms with Gasteiger partial charge in [-0.2, -0.15) is 0 Å². The van der Waals surface area contributed by atoms with Gasteiger partial charge < -0.3 is 5.32 Å². The molecule has 0 aliphatic heterocycles. The van der Waals surface area contributed by atoms with Crippen LogP contribution >= 0.6 is 0 Å². The summed E-state index contributed by atoms with van der Waals surface area (Å²) in [6, 6.07) is 10.6. The molecule has 0 saturated heterocycles. The molecule has 3 heteroatoms. The van der Waals surface area contributed by atoms with E-state index in [4.69, 9.17) is 0 Å². The highest BCUT2D eigenvalue weighted by atomic mass is 16.2. The van der Waals surface area contributed by atoms with Crippen molar-refractivity contribution in [2.75, 3.05) is 5.32 Å². The van der Waals surface area contributed by atoms with Crippen LogP contribution in [-0.4, -0.2) is 0 Å². The normalized spacial score (nSPS) is 10.2. The molecule has 13 heavy (non-hydrogen) atoms. The molecule has 0 aromatic heterocycles. The number of anilines is 2. The maximum atomic E-state index is 10.9. The van der Waals surface area contributed by atoms with E-state index in [1.165, 1.54) is 6.07 Å². The topological polar surface area (TPSA) is 46.2 Å². The summed E-state index contributed by atoms with van der Waals surface area (Å²) >= 11 is 0. The lowest BCUT2D eigenvalue weighted by Crippen LogP contribution is -2.31. The van der Waals surface area contributed by atoms with E-state index >= 15 is 0 Å². The van der Waals surface area contributed by atoms with Crippen molar-refractivity contribution in [3.8, 4) is 0 Å². The van der Waals surface area contributed by atoms with Crippen molar-refractivity contribution in [3.63, 3.8) is 0 Å². The third-order valence-corrected chi connectivity index (χ3v) is 1.80. The molecule has 64 valence electrons. The summed E-state index contributed by atoms with van der Waals surface area (Å²) < 4.78 is 0. The number of rotatable bonds is 2. The van der Waals surface area contributed by atoms with Crippen LogP contribution in [0.2, 0.25) is 0 Å². The van der Waals surface area contributed by atoms with E-state index in [2.05, 4.69) is 5.32 Å². The smallest absolute Gasteiger partial charge is 0.249 e. The van der Waals surface area contributed by atoms with Crippen molar-refractivity contribution in [3.05, 3.63) is 56.8 Å². The van der Waals surface area contributed by atoms with Crippen molar-refractivity contribution in [1.82, 2.24) is 0 Å². The highest BCUT2D eigenvalue weighted by molar-refractivity contribution is 5.61. The van der Waals surface area contributed by atoms with Gasteiger partial charge in [-0.25, -0.2) is 0 Å². The van der Waals surface area contributed by atoms with Crippen LogP contribution in [0, 0.1) is 0 Å². The molecular formula is C10H7NO2. The zero-order valence-corrected chi connectivity index (χ0v) is 6.78. The Balaban J connectivity index is 2.23. The molecule has 3 nitrogen and oxygen atoms in total. The zero-order chi connectivity index (χ0) is 9.26. The van der Waals surface area contributed by atoms with Crippen molar-refractivity contribution in [2.45, 2.75) is 0 Å². The molecule has 0 heterocycles. The van der Waals surface area contributed by atoms with E-state index < -0.39 is 10.9 Å². The molecule has 2 aromatic carbocycles. The number of para-hydroxylation sites is 1. The van der Waals surface area contributed by atoms with E-state index in [9.17, 15) is 9.59 Å². The second-order valence-electron chi connectivity index (χ2n) is 2.74. The van der Waals surface area contributed by atoms with Crippen LogP contribution in [0.5, 0.6) is 0 Å². The fraction of sp³-hybridized carbons (Fsp3) is 0. The first-order valence-corrected chi connectivity index (χ1v) is 3.90. The Labute approximate surface area is 74.3 Å². The molecule has 0 atom stereocenters. The van der Waals surface area contributed by atoms with E-state index in [1.54, 1.807) is 0 Å². The average molecular weight is 173 g/mol. The summed E-state index contributed by atoms with van der Waals surface area (Å²) in [4.78, 5) is 21.5. The summed E-state index contributed by atoms with van der Waals surface area (Å²) in [6.45, 7) is 0. The Bertz CT molecular complexity index is 481. The van der Waals surface area contributed by atoms with Crippen molar-refractivity contribution >= 4 is 11.4 Å². The number of benzene rings is 1. The minimum absolute atomic E-state index is 0.371. The first kappa shape index (κ1) is 7.73. The van der Waals surface area contributed by atoms with Gasteiger partial charge in [0.2, 0.25) is 10.9 Å². The van der Waals surface area contributed by atoms with Gasteiger partial charge in [-0.05, 0) is 12.1 Å². The first-order valence-electron chi connectivity index (χ1n) is 3.90. The summed E-state index contributed by atoms with van der Waals surface area (Å²) in [5.74, 6) is 0. The van der Waals surface area contributed by atoms with Gasteiger partial charge in [0.25, 0.3) is 0 Å². The molecule has 0 spiro atoms. The van der Waals surface area contributed by atoms with Crippen LogP contribution in [0.3, 0.4) is 0 Å². The lowest BCUT2D eigenvalue weighted by atomic mass is 10.2. The molecule has 0 fully saturated rings. The van der Waals surface area contributed by atoms with Crippen LogP contribution < -0.4 is 16.2 Å². The fourth-order valence-electron chi connectivity index (χ4n) is 1.09. The van der Waals surface area contributed by atoms with Gasteiger partial charge in [0.15, 0.2) is 0 Å². The molecule has 2 aromatic rings. The molecule has 0 aliphatic rings. The van der Waals surface area contributed by atoms with Gasteiger partial charge in [0.1, 0.15) is 0 Å². The third-order valence-electron chi connectivity index (χ3n) is 1.80. The second kappa shape index (κ2) is 2.86. The SMILES string of the molecule is O=c1cc(Nc2ccccc2)c1=O. The highest BCUT2D eigenvalue weighted by Crippen LogP contribution is 2.10. The molecule has 1 N–H and O–H groups in total. The summed E-state index contributed by atoms with van der Waals surface area (Å²) in [5.41, 5.74) is 0.313. The Kier molecular flexibility index (Phi) is 1.70. The number of hydrogen-bond acceptors (Lipinski definition) is 3. The average Bonchev–Trinajstić information content (AvgIpc) is 2.19. The summed E-state index contributed by atoms with van der Waals surface area (Å²) in [7, 11) is 0. The minimum atomic E-state index is -0.441. The van der Waals surface area contributed by atoms with Crippen LogP contribution in [0.4, 0.5) is 11.4 Å². The zero-order valence-electron chi connectivity index (χ0n) is 6.78. The first-order chi connectivity index (χ1) is 6.27. The predicted octanol–water partition coefficient (Wildman–Crippen LogP) is 1.03. The van der Waals surface area contributed by atoms with Gasteiger partial charge in [-0.15, -0.1) is 0 Å². The number of nitrogens with one attached hydrogen (secondary N) is 1. The van der Waals surface area contributed by atoms with E-state index in [1.807, 2.05) is 30.3 Å². The molecule has 0 aliphatic carbocycles. The Morgan fingerprint density at radius 2 is 1.69 bits per heavy atom. The van der Waals surface area contributed by atoms with E-state index in [0.717, 1.165) is 5.69 Å². The number of hydrogen-bond donors (Lipinski definition) is 1. The largest absolute Gasteiger partial charge is 0.352 e. The van der Waals surface area contributed by atoms with Gasteiger partial charge in [0.05, 0.1) is 5.69 Å². The maximum absolute atomic E-state index is 10.9. The van der Waals surface area contributed by atoms with Gasteiger partial charge in [-0.1, -0.05) is 18.2 Å². The summed E-state index contributed by atoms with van der Waals surface area (Å²) in [5, 5.41) is 2.85. The van der Waals surface area contributed by atoms with Crippen molar-refractivity contribution in [1.29, 1.82) is 0 Å². The molecule has 2 rings (SSSR count). The monoisotopic (exact) mass is 173 g/mol. The van der Waals surface area contributed by atoms with Crippen LogP contribution in [-0.2, 0) is 0 Å². The predicted molar refractivity (Wildman–Crippen MR) is 51.1 cm³/mol. The van der Waals surface area contributed by atoms with Gasteiger partial charge >= 0.3 is 0 Å². The van der Waals surface area contributed by atoms with Gasteiger partial charge in [0, 0.05) is 11.8 Å². The minimum Gasteiger partial charge on any atom is -0.352 e. The molecule has 0 unspecified atom stereocenters. The lowest BCUT2D eigenvalue weighted by molar-refractivity contribution is 1.38. The quantitative estimate of drug-likeness (QED) is 0.690. The maximum Gasteiger partial charge on any atom is 0.249 e. The second-order valence-corrected chi connectivity index (χ2v) is 2.74. The third kappa shape index (κ3) is 1.36. The molecule has 0 saturated carbocycles. The van der Waals surface area contributed by atoms with Crippen molar-refractivity contribution in [2.24, 2.45) is 0 Å². The van der Waals surface area contributed by atoms with Crippen LogP contribution in [0.15, 0.2) is 46.0 Å². The van der Waals surface area contributed by atoms with E-state index in [0.29, 0.717) is 5.69 Å². The van der Waals surface area contributed by atoms with Crippen LogP contribution in [0.1, 0.15) is 0 Å².